The fourth-order valence-corrected chi connectivity index (χ4v) is 3.83. The van der Waals surface area contributed by atoms with Crippen LogP contribution in [-0.4, -0.2) is 41.7 Å². The van der Waals surface area contributed by atoms with Gasteiger partial charge in [-0.05, 0) is 58.2 Å². The molecule has 1 heterocycles. The van der Waals surface area contributed by atoms with E-state index in [4.69, 9.17) is 0 Å². The summed E-state index contributed by atoms with van der Waals surface area (Å²) in [7, 11) is 1.72. The van der Waals surface area contributed by atoms with Gasteiger partial charge in [0.15, 0.2) is 0 Å². The molecule has 2 amide bonds. The van der Waals surface area contributed by atoms with Gasteiger partial charge in [-0.1, -0.05) is 12.1 Å². The molecule has 0 radical (unpaired) electrons. The summed E-state index contributed by atoms with van der Waals surface area (Å²) in [5.41, 5.74) is 0.757. The van der Waals surface area contributed by atoms with E-state index in [2.05, 4.69) is 43.1 Å². The normalized spacial score (nSPS) is 19.2. The molecule has 2 rings (SSSR count). The Hall–Kier alpha value is -1.89. The lowest BCUT2D eigenvalue weighted by Gasteiger charge is -2.46. The number of ether oxygens (including phenoxy) is 1. The van der Waals surface area contributed by atoms with Crippen LogP contribution in [0.15, 0.2) is 24.3 Å². The number of hydrogen-bond donors (Lipinski definition) is 2. The molecule has 0 aromatic heterocycles. The molecule has 0 atom stereocenters. The lowest BCUT2D eigenvalue weighted by atomic mass is 9.80. The topological polar surface area (TPSA) is 53.6 Å². The highest BCUT2D eigenvalue weighted by Crippen LogP contribution is 2.28. The Morgan fingerprint density at radius 2 is 1.77 bits per heavy atom. The van der Waals surface area contributed by atoms with Crippen molar-refractivity contribution in [3.05, 3.63) is 29.8 Å². The van der Waals surface area contributed by atoms with E-state index in [0.29, 0.717) is 6.54 Å². The summed E-state index contributed by atoms with van der Waals surface area (Å²) in [5, 5.41) is 6.70. The SMILES string of the molecule is CN(Cc1ccc(OC(F)F)cc1)C(=O)NC1CC(C)(C)NC(C)(C)C1. The summed E-state index contributed by atoms with van der Waals surface area (Å²) < 4.78 is 28.7. The lowest BCUT2D eigenvalue weighted by molar-refractivity contribution is -0.0498. The molecule has 146 valence electrons. The second kappa shape index (κ2) is 7.78. The van der Waals surface area contributed by atoms with E-state index in [1.165, 1.54) is 12.1 Å². The number of alkyl halides is 2. The molecular weight excluding hydrogens is 340 g/mol. The lowest BCUT2D eigenvalue weighted by Crippen LogP contribution is -2.62. The molecular formula is C19H29F2N3O2. The van der Waals surface area contributed by atoms with Crippen molar-refractivity contribution in [3.63, 3.8) is 0 Å². The van der Waals surface area contributed by atoms with Crippen LogP contribution in [-0.2, 0) is 6.54 Å². The fourth-order valence-electron chi connectivity index (χ4n) is 3.83. The van der Waals surface area contributed by atoms with Crippen molar-refractivity contribution < 1.29 is 18.3 Å². The van der Waals surface area contributed by atoms with E-state index in [9.17, 15) is 13.6 Å². The summed E-state index contributed by atoms with van der Waals surface area (Å²) >= 11 is 0. The third-order valence-electron chi connectivity index (χ3n) is 4.43. The minimum atomic E-state index is -2.84. The molecule has 0 unspecified atom stereocenters. The van der Waals surface area contributed by atoms with Crippen LogP contribution in [0.2, 0.25) is 0 Å². The molecule has 1 aliphatic rings. The Bertz CT molecular complexity index is 602. The van der Waals surface area contributed by atoms with Gasteiger partial charge in [-0.3, -0.25) is 0 Å². The number of benzene rings is 1. The standard InChI is InChI=1S/C19H29F2N3O2/c1-18(2)10-14(11-19(3,4)23-18)22-17(25)24(5)12-13-6-8-15(9-7-13)26-16(20)21/h6-9,14,16,23H,10-12H2,1-5H3,(H,22,25). The second-order valence-corrected chi connectivity index (χ2v) is 8.33. The zero-order valence-electron chi connectivity index (χ0n) is 16.1. The first kappa shape index (κ1) is 20.4. The minimum Gasteiger partial charge on any atom is -0.435 e. The molecule has 26 heavy (non-hydrogen) atoms. The molecule has 5 nitrogen and oxygen atoms in total. The highest BCUT2D eigenvalue weighted by Gasteiger charge is 2.38. The first-order valence-electron chi connectivity index (χ1n) is 8.80. The van der Waals surface area contributed by atoms with Gasteiger partial charge < -0.3 is 20.3 Å². The number of carbonyl (C=O) groups is 1. The maximum absolute atomic E-state index is 12.5. The second-order valence-electron chi connectivity index (χ2n) is 8.33. The maximum atomic E-state index is 12.5. The van der Waals surface area contributed by atoms with Crippen molar-refractivity contribution >= 4 is 6.03 Å². The van der Waals surface area contributed by atoms with Gasteiger partial charge in [-0.2, -0.15) is 8.78 Å². The largest absolute Gasteiger partial charge is 0.435 e. The van der Waals surface area contributed by atoms with Crippen molar-refractivity contribution in [2.75, 3.05) is 7.05 Å². The number of nitrogens with one attached hydrogen (secondary N) is 2. The average molecular weight is 369 g/mol. The predicted octanol–water partition coefficient (Wildman–Crippen LogP) is 3.74. The average Bonchev–Trinajstić information content (AvgIpc) is 2.45. The Kier molecular flexibility index (Phi) is 6.11. The Balaban J connectivity index is 1.91. The van der Waals surface area contributed by atoms with Gasteiger partial charge in [0.2, 0.25) is 0 Å². The number of amides is 2. The highest BCUT2D eigenvalue weighted by atomic mass is 19.3. The number of rotatable bonds is 5. The van der Waals surface area contributed by atoms with Crippen molar-refractivity contribution in [2.45, 2.75) is 70.8 Å². The van der Waals surface area contributed by atoms with Crippen LogP contribution >= 0.6 is 0 Å². The first-order valence-corrected chi connectivity index (χ1v) is 8.80. The zero-order valence-corrected chi connectivity index (χ0v) is 16.1. The van der Waals surface area contributed by atoms with Crippen LogP contribution in [0.3, 0.4) is 0 Å². The van der Waals surface area contributed by atoms with Crippen LogP contribution < -0.4 is 15.4 Å². The van der Waals surface area contributed by atoms with Crippen LogP contribution in [0.4, 0.5) is 13.6 Å². The van der Waals surface area contributed by atoms with E-state index < -0.39 is 6.61 Å². The van der Waals surface area contributed by atoms with E-state index in [0.717, 1.165) is 18.4 Å². The maximum Gasteiger partial charge on any atom is 0.387 e. The number of carbonyl (C=O) groups excluding carboxylic acids is 1. The number of halogens is 2. The van der Waals surface area contributed by atoms with Crippen molar-refractivity contribution in [1.82, 2.24) is 15.5 Å². The number of nitrogens with zero attached hydrogens (tertiary/aromatic N) is 1. The molecule has 1 aromatic carbocycles. The smallest absolute Gasteiger partial charge is 0.387 e. The van der Waals surface area contributed by atoms with Crippen molar-refractivity contribution in [2.24, 2.45) is 0 Å². The monoisotopic (exact) mass is 369 g/mol. The predicted molar refractivity (Wildman–Crippen MR) is 97.4 cm³/mol. The highest BCUT2D eigenvalue weighted by molar-refractivity contribution is 5.74. The van der Waals surface area contributed by atoms with E-state index in [1.54, 1.807) is 24.1 Å². The zero-order chi connectivity index (χ0) is 19.5. The molecule has 0 bridgehead atoms. The van der Waals surface area contributed by atoms with Crippen molar-refractivity contribution in [1.29, 1.82) is 0 Å². The summed E-state index contributed by atoms with van der Waals surface area (Å²) in [6.07, 6.45) is 1.71. The Morgan fingerprint density at radius 3 is 2.27 bits per heavy atom. The van der Waals surface area contributed by atoms with Gasteiger partial charge in [0, 0.05) is 30.7 Å². The summed E-state index contributed by atoms with van der Waals surface area (Å²) in [4.78, 5) is 14.1. The van der Waals surface area contributed by atoms with Crippen LogP contribution in [0.5, 0.6) is 5.75 Å². The van der Waals surface area contributed by atoms with Gasteiger partial charge in [-0.15, -0.1) is 0 Å². The van der Waals surface area contributed by atoms with Crippen LogP contribution in [0, 0.1) is 0 Å². The Labute approximate surface area is 154 Å². The van der Waals surface area contributed by atoms with Gasteiger partial charge in [0.05, 0.1) is 0 Å². The number of urea groups is 1. The van der Waals surface area contributed by atoms with Gasteiger partial charge in [0.25, 0.3) is 0 Å². The summed E-state index contributed by atoms with van der Waals surface area (Å²) in [6.45, 7) is 6.10. The number of piperidine rings is 1. The molecule has 0 saturated carbocycles. The summed E-state index contributed by atoms with van der Waals surface area (Å²) in [5.74, 6) is 0.107. The van der Waals surface area contributed by atoms with E-state index in [-0.39, 0.29) is 28.9 Å². The fraction of sp³-hybridized carbons (Fsp3) is 0.632. The van der Waals surface area contributed by atoms with E-state index >= 15 is 0 Å². The van der Waals surface area contributed by atoms with Gasteiger partial charge in [-0.25, -0.2) is 4.79 Å². The molecule has 2 N–H and O–H groups in total. The quantitative estimate of drug-likeness (QED) is 0.831. The van der Waals surface area contributed by atoms with Crippen molar-refractivity contribution in [3.8, 4) is 5.75 Å². The van der Waals surface area contributed by atoms with Crippen LogP contribution in [0.1, 0.15) is 46.1 Å². The third kappa shape index (κ3) is 6.12. The molecule has 0 spiro atoms. The molecule has 0 aliphatic carbocycles. The van der Waals surface area contributed by atoms with Gasteiger partial charge >= 0.3 is 12.6 Å². The molecule has 1 saturated heterocycles. The molecule has 1 aliphatic heterocycles. The molecule has 1 fully saturated rings. The number of hydrogen-bond acceptors (Lipinski definition) is 3. The van der Waals surface area contributed by atoms with E-state index in [1.807, 2.05) is 0 Å². The Morgan fingerprint density at radius 1 is 1.23 bits per heavy atom. The molecule has 1 aromatic rings. The summed E-state index contributed by atoms with van der Waals surface area (Å²) in [6, 6.07) is 6.27. The molecule has 7 heteroatoms. The first-order chi connectivity index (χ1) is 12.0. The third-order valence-corrected chi connectivity index (χ3v) is 4.43. The minimum absolute atomic E-state index is 0.0429. The van der Waals surface area contributed by atoms with Gasteiger partial charge in [0.1, 0.15) is 5.75 Å². The van der Waals surface area contributed by atoms with Crippen LogP contribution in [0.25, 0.3) is 0 Å².